The maximum Gasteiger partial charge on any atom is 0.119 e. The van der Waals surface area contributed by atoms with Gasteiger partial charge < -0.3 is 10.1 Å². The van der Waals surface area contributed by atoms with E-state index in [-0.39, 0.29) is 6.04 Å². The molecule has 0 fully saturated rings. The van der Waals surface area contributed by atoms with Gasteiger partial charge in [0.15, 0.2) is 0 Å². The van der Waals surface area contributed by atoms with Crippen molar-refractivity contribution < 1.29 is 4.74 Å². The van der Waals surface area contributed by atoms with Crippen molar-refractivity contribution in [3.63, 3.8) is 0 Å². The van der Waals surface area contributed by atoms with Gasteiger partial charge in [-0.3, -0.25) is 0 Å². The van der Waals surface area contributed by atoms with Gasteiger partial charge in [0.05, 0.1) is 16.8 Å². The molecule has 0 bridgehead atoms. The Hall–Kier alpha value is -2.71. The minimum Gasteiger partial charge on any atom is -0.489 e. The number of fused-ring (bicyclic) bond motifs is 3. The summed E-state index contributed by atoms with van der Waals surface area (Å²) in [5.41, 5.74) is 6.10. The zero-order valence-electron chi connectivity index (χ0n) is 16.4. The molecule has 0 saturated carbocycles. The second-order valence-electron chi connectivity index (χ2n) is 8.02. The number of rotatable bonds is 4. The number of hydrogen-bond acceptors (Lipinski definition) is 2. The predicted octanol–water partition coefficient (Wildman–Crippen LogP) is 7.05. The maximum absolute atomic E-state index is 6.51. The van der Waals surface area contributed by atoms with Gasteiger partial charge in [0.2, 0.25) is 0 Å². The second-order valence-corrected chi connectivity index (χ2v) is 8.43. The average molecular weight is 402 g/mol. The summed E-state index contributed by atoms with van der Waals surface area (Å²) in [7, 11) is 0. The highest BCUT2D eigenvalue weighted by molar-refractivity contribution is 6.33. The van der Waals surface area contributed by atoms with Crippen LogP contribution in [0.15, 0.2) is 78.9 Å². The van der Waals surface area contributed by atoms with Crippen molar-refractivity contribution in [3.05, 3.63) is 106 Å². The van der Waals surface area contributed by atoms with E-state index in [4.69, 9.17) is 16.3 Å². The summed E-state index contributed by atoms with van der Waals surface area (Å²) in [4.78, 5) is 0. The molecule has 1 aliphatic heterocycles. The average Bonchev–Trinajstić information content (AvgIpc) is 3.24. The lowest BCUT2D eigenvalue weighted by molar-refractivity contribution is 0.306. The van der Waals surface area contributed by atoms with E-state index in [0.717, 1.165) is 22.9 Å². The first kappa shape index (κ1) is 18.3. The van der Waals surface area contributed by atoms with Gasteiger partial charge in [0, 0.05) is 5.92 Å². The highest BCUT2D eigenvalue weighted by Crippen LogP contribution is 2.51. The molecule has 146 valence electrons. The lowest BCUT2D eigenvalue weighted by atomic mass is 9.77. The van der Waals surface area contributed by atoms with E-state index < -0.39 is 0 Å². The molecule has 0 radical (unpaired) electrons. The lowest BCUT2D eigenvalue weighted by Gasteiger charge is -2.38. The van der Waals surface area contributed by atoms with Crippen molar-refractivity contribution in [1.82, 2.24) is 0 Å². The minimum atomic E-state index is 0.244. The summed E-state index contributed by atoms with van der Waals surface area (Å²) in [6.45, 7) is 2.68. The topological polar surface area (TPSA) is 21.3 Å². The quantitative estimate of drug-likeness (QED) is 0.472. The van der Waals surface area contributed by atoms with Crippen LogP contribution in [0.1, 0.15) is 40.6 Å². The summed E-state index contributed by atoms with van der Waals surface area (Å²) in [5.74, 6) is 1.83. The first-order chi connectivity index (χ1) is 14.2. The standard InChI is InChI=1S/C26H24ClNO/c1-17-8-10-18(11-9-17)16-29-20-14-12-19(13-15-20)25-22-5-2-4-21(22)23-6-3-7-24(27)26(23)28-25/h2-4,6-15,21-22,25,28H,5,16H2,1H3/t21-,22-,25+/m1/s1. The van der Waals surface area contributed by atoms with Crippen LogP contribution in [0.2, 0.25) is 5.02 Å². The second kappa shape index (κ2) is 7.61. The van der Waals surface area contributed by atoms with Gasteiger partial charge >= 0.3 is 0 Å². The number of nitrogens with one attached hydrogen (secondary N) is 1. The van der Waals surface area contributed by atoms with Crippen LogP contribution in [0.3, 0.4) is 0 Å². The van der Waals surface area contributed by atoms with Crippen LogP contribution in [0.4, 0.5) is 5.69 Å². The monoisotopic (exact) mass is 401 g/mol. The van der Waals surface area contributed by atoms with Crippen molar-refractivity contribution >= 4 is 17.3 Å². The molecule has 0 spiro atoms. The lowest BCUT2D eigenvalue weighted by Crippen LogP contribution is -2.29. The zero-order chi connectivity index (χ0) is 19.8. The van der Waals surface area contributed by atoms with Crippen molar-refractivity contribution in [3.8, 4) is 5.75 Å². The van der Waals surface area contributed by atoms with E-state index in [1.165, 1.54) is 22.3 Å². The van der Waals surface area contributed by atoms with Crippen molar-refractivity contribution in [2.24, 2.45) is 5.92 Å². The predicted molar refractivity (Wildman–Crippen MR) is 120 cm³/mol. The van der Waals surface area contributed by atoms with E-state index in [1.807, 2.05) is 12.1 Å². The Morgan fingerprint density at radius 1 is 1.00 bits per heavy atom. The molecule has 0 unspecified atom stereocenters. The van der Waals surface area contributed by atoms with E-state index in [2.05, 4.69) is 79.0 Å². The Balaban J connectivity index is 1.34. The van der Waals surface area contributed by atoms with Crippen molar-refractivity contribution in [1.29, 1.82) is 0 Å². The van der Waals surface area contributed by atoms with E-state index in [9.17, 15) is 0 Å². The molecule has 1 aliphatic carbocycles. The Labute approximate surface area is 177 Å². The number of aryl methyl sites for hydroxylation is 1. The normalized spacial score (nSPS) is 21.9. The summed E-state index contributed by atoms with van der Waals surface area (Å²) < 4.78 is 5.98. The molecule has 5 rings (SSSR count). The van der Waals surface area contributed by atoms with Gasteiger partial charge in [0.1, 0.15) is 12.4 Å². The molecule has 0 amide bonds. The van der Waals surface area contributed by atoms with Gasteiger partial charge in [-0.15, -0.1) is 0 Å². The van der Waals surface area contributed by atoms with E-state index in [1.54, 1.807) is 0 Å². The molecule has 3 aromatic rings. The number of anilines is 1. The molecular weight excluding hydrogens is 378 g/mol. The maximum atomic E-state index is 6.51. The first-order valence-electron chi connectivity index (χ1n) is 10.2. The molecule has 0 saturated heterocycles. The largest absolute Gasteiger partial charge is 0.489 e. The third-order valence-electron chi connectivity index (χ3n) is 6.11. The summed E-state index contributed by atoms with van der Waals surface area (Å²) in [6, 6.07) is 23.4. The summed E-state index contributed by atoms with van der Waals surface area (Å²) in [5, 5.41) is 4.52. The fourth-order valence-electron chi connectivity index (χ4n) is 4.54. The van der Waals surface area contributed by atoms with Crippen LogP contribution < -0.4 is 10.1 Å². The highest BCUT2D eigenvalue weighted by Gasteiger charge is 2.38. The van der Waals surface area contributed by atoms with Crippen LogP contribution in [0, 0.1) is 12.8 Å². The van der Waals surface area contributed by atoms with Crippen molar-refractivity contribution in [2.75, 3.05) is 5.32 Å². The minimum absolute atomic E-state index is 0.244. The van der Waals surface area contributed by atoms with Crippen LogP contribution in [-0.4, -0.2) is 0 Å². The molecule has 1 heterocycles. The number of ether oxygens (including phenoxy) is 1. The molecule has 2 nitrogen and oxygen atoms in total. The molecular formula is C26H24ClNO. The SMILES string of the molecule is Cc1ccc(COc2ccc([C@@H]3Nc4c(Cl)cccc4[C@@H]4C=CC[C@H]43)cc2)cc1. The molecule has 3 aromatic carbocycles. The van der Waals surface area contributed by atoms with Crippen LogP contribution in [-0.2, 0) is 6.61 Å². The molecule has 3 atom stereocenters. The number of halogens is 1. The van der Waals surface area contributed by atoms with Gasteiger partial charge in [-0.05, 0) is 54.2 Å². The third-order valence-corrected chi connectivity index (χ3v) is 6.43. The molecule has 0 aromatic heterocycles. The fourth-order valence-corrected chi connectivity index (χ4v) is 4.77. The number of allylic oxidation sites excluding steroid dienone is 2. The van der Waals surface area contributed by atoms with Crippen molar-refractivity contribution in [2.45, 2.75) is 31.9 Å². The van der Waals surface area contributed by atoms with Gasteiger partial charge in [-0.25, -0.2) is 0 Å². The molecule has 3 heteroatoms. The van der Waals surface area contributed by atoms with Crippen LogP contribution >= 0.6 is 11.6 Å². The summed E-state index contributed by atoms with van der Waals surface area (Å²) in [6.07, 6.45) is 5.73. The van der Waals surface area contributed by atoms with Gasteiger partial charge in [0.25, 0.3) is 0 Å². The first-order valence-corrected chi connectivity index (χ1v) is 10.6. The third kappa shape index (κ3) is 3.54. The van der Waals surface area contributed by atoms with Gasteiger partial charge in [-0.2, -0.15) is 0 Å². The fraction of sp³-hybridized carbons (Fsp3) is 0.231. The van der Waals surface area contributed by atoms with Crippen LogP contribution in [0.25, 0.3) is 0 Å². The Kier molecular flexibility index (Phi) is 4.81. The zero-order valence-corrected chi connectivity index (χ0v) is 17.2. The van der Waals surface area contributed by atoms with E-state index >= 15 is 0 Å². The highest BCUT2D eigenvalue weighted by atomic mass is 35.5. The Morgan fingerprint density at radius 3 is 2.59 bits per heavy atom. The molecule has 1 N–H and O–H groups in total. The Morgan fingerprint density at radius 2 is 1.79 bits per heavy atom. The number of benzene rings is 3. The number of hydrogen-bond donors (Lipinski definition) is 1. The number of para-hydroxylation sites is 1. The molecule has 2 aliphatic rings. The Bertz CT molecular complexity index is 1040. The smallest absolute Gasteiger partial charge is 0.119 e. The summed E-state index contributed by atoms with van der Waals surface area (Å²) >= 11 is 6.51. The van der Waals surface area contributed by atoms with E-state index in [0.29, 0.717) is 18.4 Å². The van der Waals surface area contributed by atoms with Crippen LogP contribution in [0.5, 0.6) is 5.75 Å². The van der Waals surface area contributed by atoms with Gasteiger partial charge in [-0.1, -0.05) is 77.8 Å². The molecule has 29 heavy (non-hydrogen) atoms.